The van der Waals surface area contributed by atoms with Crippen LogP contribution in [0.4, 0.5) is 0 Å². The molecule has 0 unspecified atom stereocenters. The summed E-state index contributed by atoms with van der Waals surface area (Å²) in [5.74, 6) is -0.346. The third kappa shape index (κ3) is 4.69. The molecule has 29 heavy (non-hydrogen) atoms. The van der Waals surface area contributed by atoms with Gasteiger partial charge in [-0.25, -0.2) is 4.79 Å². The number of carbonyl (C=O) groups is 3. The van der Waals surface area contributed by atoms with Gasteiger partial charge in [0.25, 0.3) is 0 Å². The summed E-state index contributed by atoms with van der Waals surface area (Å²) in [6, 6.07) is 0. The first-order valence-electron chi connectivity index (χ1n) is 10.3. The summed E-state index contributed by atoms with van der Waals surface area (Å²) >= 11 is 0. The molecule has 1 fully saturated rings. The van der Waals surface area contributed by atoms with Crippen molar-refractivity contribution in [1.82, 2.24) is 0 Å². The summed E-state index contributed by atoms with van der Waals surface area (Å²) in [5, 5.41) is 18.1. The second-order valence-corrected chi connectivity index (χ2v) is 9.25. The number of ketones is 2. The Morgan fingerprint density at radius 2 is 1.93 bits per heavy atom. The number of fused-ring (bicyclic) bond motifs is 1. The molecule has 0 aliphatic heterocycles. The van der Waals surface area contributed by atoms with Gasteiger partial charge in [0, 0.05) is 24.8 Å². The molecule has 0 aromatic heterocycles. The molecular formula is C23H34O6. The van der Waals surface area contributed by atoms with Crippen molar-refractivity contribution in [3.05, 3.63) is 23.3 Å². The maximum absolute atomic E-state index is 12.9. The third-order valence-electron chi connectivity index (χ3n) is 7.37. The second-order valence-electron chi connectivity index (χ2n) is 9.25. The van der Waals surface area contributed by atoms with E-state index in [0.717, 1.165) is 11.1 Å². The summed E-state index contributed by atoms with van der Waals surface area (Å²) in [7, 11) is 0. The lowest BCUT2D eigenvalue weighted by Crippen LogP contribution is -2.54. The Morgan fingerprint density at radius 3 is 2.52 bits per heavy atom. The topological polar surface area (TPSA) is 101 Å². The number of esters is 1. The summed E-state index contributed by atoms with van der Waals surface area (Å²) in [6.45, 7) is 9.06. The number of Topliss-reactive ketones (excluding diaryl/α,β-unsaturated/α-hetero) is 1. The van der Waals surface area contributed by atoms with E-state index in [4.69, 9.17) is 14.9 Å². The van der Waals surface area contributed by atoms with Crippen molar-refractivity contribution in [2.75, 3.05) is 13.2 Å². The van der Waals surface area contributed by atoms with Crippen LogP contribution in [0.3, 0.4) is 0 Å². The zero-order chi connectivity index (χ0) is 22.0. The predicted octanol–water partition coefficient (Wildman–Crippen LogP) is 2.77. The van der Waals surface area contributed by atoms with E-state index in [1.807, 2.05) is 20.8 Å². The van der Waals surface area contributed by atoms with E-state index in [1.165, 1.54) is 6.08 Å². The Balaban J connectivity index is 2.20. The number of hydrogen-bond acceptors (Lipinski definition) is 6. The molecule has 0 heterocycles. The molecule has 162 valence electrons. The smallest absolute Gasteiger partial charge is 0.331 e. The van der Waals surface area contributed by atoms with Gasteiger partial charge < -0.3 is 14.9 Å². The lowest BCUT2D eigenvalue weighted by Gasteiger charge is -2.56. The van der Waals surface area contributed by atoms with E-state index >= 15 is 0 Å². The van der Waals surface area contributed by atoms with Gasteiger partial charge in [-0.3, -0.25) is 9.59 Å². The van der Waals surface area contributed by atoms with Crippen LogP contribution in [0.25, 0.3) is 0 Å². The minimum absolute atomic E-state index is 0.0770. The molecule has 1 saturated carbocycles. The van der Waals surface area contributed by atoms with E-state index in [2.05, 4.69) is 13.8 Å². The SMILES string of the molecule is CC(=CC(=O)OC(CO)CO)CC[C@]1(C)[C@@H](C)C(=O)C[C@]2(C)C(C)=CC(=O)C[C@@H]12. The van der Waals surface area contributed by atoms with Crippen LogP contribution in [0.15, 0.2) is 23.3 Å². The zero-order valence-corrected chi connectivity index (χ0v) is 18.2. The molecule has 0 radical (unpaired) electrons. The van der Waals surface area contributed by atoms with Crippen molar-refractivity contribution < 1.29 is 29.3 Å². The van der Waals surface area contributed by atoms with Crippen molar-refractivity contribution in [2.45, 2.75) is 66.4 Å². The highest BCUT2D eigenvalue weighted by Gasteiger charge is 2.57. The van der Waals surface area contributed by atoms with Crippen molar-refractivity contribution in [3.63, 3.8) is 0 Å². The maximum atomic E-state index is 12.9. The molecule has 0 aromatic rings. The van der Waals surface area contributed by atoms with E-state index in [9.17, 15) is 14.4 Å². The minimum Gasteiger partial charge on any atom is -0.454 e. The Morgan fingerprint density at radius 1 is 1.31 bits per heavy atom. The predicted molar refractivity (Wildman–Crippen MR) is 109 cm³/mol. The number of allylic oxidation sites excluding steroid dienone is 3. The molecule has 0 spiro atoms. The molecular weight excluding hydrogens is 372 g/mol. The van der Waals surface area contributed by atoms with Gasteiger partial charge in [-0.15, -0.1) is 0 Å². The van der Waals surface area contributed by atoms with Crippen molar-refractivity contribution in [2.24, 2.45) is 22.7 Å². The van der Waals surface area contributed by atoms with Crippen LogP contribution >= 0.6 is 0 Å². The largest absolute Gasteiger partial charge is 0.454 e. The summed E-state index contributed by atoms with van der Waals surface area (Å²) < 4.78 is 4.98. The van der Waals surface area contributed by atoms with Crippen molar-refractivity contribution >= 4 is 17.5 Å². The number of ether oxygens (including phenoxy) is 1. The Bertz CT molecular complexity index is 732. The molecule has 0 aromatic carbocycles. The van der Waals surface area contributed by atoms with Gasteiger partial charge in [0.1, 0.15) is 11.9 Å². The van der Waals surface area contributed by atoms with Crippen LogP contribution in [-0.4, -0.2) is 47.1 Å². The van der Waals surface area contributed by atoms with Crippen LogP contribution in [0.5, 0.6) is 0 Å². The number of rotatable bonds is 7. The summed E-state index contributed by atoms with van der Waals surface area (Å²) in [4.78, 5) is 37.1. The van der Waals surface area contributed by atoms with Crippen LogP contribution in [-0.2, 0) is 19.1 Å². The lowest BCUT2D eigenvalue weighted by atomic mass is 9.46. The normalized spacial score (nSPS) is 32.8. The first-order chi connectivity index (χ1) is 13.5. The zero-order valence-electron chi connectivity index (χ0n) is 18.2. The van der Waals surface area contributed by atoms with Gasteiger partial charge in [-0.2, -0.15) is 0 Å². The average Bonchev–Trinajstić information content (AvgIpc) is 2.65. The fourth-order valence-corrected chi connectivity index (χ4v) is 5.04. The average molecular weight is 407 g/mol. The molecule has 6 nitrogen and oxygen atoms in total. The first-order valence-corrected chi connectivity index (χ1v) is 10.3. The Hall–Kier alpha value is -1.79. The molecule has 2 aliphatic carbocycles. The second kappa shape index (κ2) is 8.92. The lowest BCUT2D eigenvalue weighted by molar-refractivity contribution is -0.147. The van der Waals surface area contributed by atoms with Crippen LogP contribution in [0.1, 0.15) is 60.3 Å². The van der Waals surface area contributed by atoms with Crippen LogP contribution in [0.2, 0.25) is 0 Å². The quantitative estimate of drug-likeness (QED) is 0.498. The molecule has 4 atom stereocenters. The van der Waals surface area contributed by atoms with Gasteiger partial charge >= 0.3 is 5.97 Å². The van der Waals surface area contributed by atoms with Crippen LogP contribution < -0.4 is 0 Å². The molecule has 6 heteroatoms. The Labute approximate surface area is 173 Å². The highest BCUT2D eigenvalue weighted by atomic mass is 16.6. The first kappa shape index (κ1) is 23.5. The van der Waals surface area contributed by atoms with E-state index in [1.54, 1.807) is 6.08 Å². The van der Waals surface area contributed by atoms with E-state index in [0.29, 0.717) is 25.7 Å². The standard InChI is InChI=1S/C23H34O6/c1-14(8-21(28)29-18(12-24)13-25)6-7-22(4)16(3)19(27)11-23(5)15(2)9-17(26)10-20(22)23/h8-9,16,18,20,24-25H,6-7,10-13H2,1-5H3/t16-,20-,22+,23+/m0/s1. The number of aliphatic hydroxyl groups excluding tert-OH is 2. The highest BCUT2D eigenvalue weighted by Crippen LogP contribution is 2.60. The highest BCUT2D eigenvalue weighted by molar-refractivity contribution is 5.93. The maximum Gasteiger partial charge on any atom is 0.331 e. The monoisotopic (exact) mass is 406 g/mol. The van der Waals surface area contributed by atoms with Gasteiger partial charge in [0.05, 0.1) is 13.2 Å². The van der Waals surface area contributed by atoms with Gasteiger partial charge in [0.15, 0.2) is 5.78 Å². The Kier molecular flexibility index (Phi) is 7.23. The number of aliphatic hydroxyl groups is 2. The molecule has 2 aliphatic rings. The number of carbonyl (C=O) groups excluding carboxylic acids is 3. The summed E-state index contributed by atoms with van der Waals surface area (Å²) in [5.41, 5.74) is 1.12. The fraction of sp³-hybridized carbons (Fsp3) is 0.696. The third-order valence-corrected chi connectivity index (χ3v) is 7.37. The number of hydrogen-bond donors (Lipinski definition) is 2. The van der Waals surface area contributed by atoms with Gasteiger partial charge in [-0.1, -0.05) is 31.9 Å². The van der Waals surface area contributed by atoms with E-state index in [-0.39, 0.29) is 34.2 Å². The molecule has 0 amide bonds. The molecule has 0 saturated heterocycles. The fourth-order valence-electron chi connectivity index (χ4n) is 5.04. The van der Waals surface area contributed by atoms with Crippen LogP contribution in [0, 0.1) is 22.7 Å². The van der Waals surface area contributed by atoms with E-state index < -0.39 is 25.3 Å². The minimum atomic E-state index is -0.927. The van der Waals surface area contributed by atoms with Crippen molar-refractivity contribution in [3.8, 4) is 0 Å². The van der Waals surface area contributed by atoms with Gasteiger partial charge in [0.2, 0.25) is 0 Å². The van der Waals surface area contributed by atoms with Crippen molar-refractivity contribution in [1.29, 1.82) is 0 Å². The molecule has 2 N–H and O–H groups in total. The summed E-state index contributed by atoms with van der Waals surface area (Å²) in [6.07, 6.45) is 4.32. The molecule has 0 bridgehead atoms. The van der Waals surface area contributed by atoms with Gasteiger partial charge in [-0.05, 0) is 49.5 Å². The molecule has 2 rings (SSSR count).